The van der Waals surface area contributed by atoms with Crippen LogP contribution in [0.4, 0.5) is 0 Å². The lowest BCUT2D eigenvalue weighted by Crippen LogP contribution is -2.52. The van der Waals surface area contributed by atoms with Crippen molar-refractivity contribution in [1.29, 1.82) is 0 Å². The van der Waals surface area contributed by atoms with Gasteiger partial charge in [0.2, 0.25) is 0 Å². The van der Waals surface area contributed by atoms with E-state index in [0.717, 1.165) is 44.6 Å². The first-order chi connectivity index (χ1) is 15.3. The summed E-state index contributed by atoms with van der Waals surface area (Å²) in [4.78, 5) is 6.59. The second-order valence-corrected chi connectivity index (χ2v) is 9.98. The SMILES string of the molecule is Cc1ccc(C(c2nnnn2Cc2cccs2)N2CCN(C3CCCCC3)CC2)cc1. The molecule has 0 N–H and O–H groups in total. The summed E-state index contributed by atoms with van der Waals surface area (Å²) in [5.41, 5.74) is 2.56. The van der Waals surface area contributed by atoms with Crippen LogP contribution in [0, 0.1) is 6.92 Å². The molecule has 0 amide bonds. The molecule has 1 aromatic carbocycles. The summed E-state index contributed by atoms with van der Waals surface area (Å²) in [6, 6.07) is 14.0. The summed E-state index contributed by atoms with van der Waals surface area (Å²) >= 11 is 1.75. The van der Waals surface area contributed by atoms with Crippen LogP contribution in [-0.2, 0) is 6.54 Å². The average molecular weight is 437 g/mol. The maximum Gasteiger partial charge on any atom is 0.173 e. The van der Waals surface area contributed by atoms with Crippen molar-refractivity contribution in [3.63, 3.8) is 0 Å². The molecule has 6 nitrogen and oxygen atoms in total. The van der Waals surface area contributed by atoms with Crippen LogP contribution in [0.5, 0.6) is 0 Å². The molecular weight excluding hydrogens is 404 g/mol. The topological polar surface area (TPSA) is 50.1 Å². The van der Waals surface area contributed by atoms with Crippen molar-refractivity contribution in [3.8, 4) is 0 Å². The lowest BCUT2D eigenvalue weighted by molar-refractivity contribution is 0.0620. The van der Waals surface area contributed by atoms with Gasteiger partial charge in [0.05, 0.1) is 12.6 Å². The molecule has 1 aliphatic heterocycles. The van der Waals surface area contributed by atoms with E-state index >= 15 is 0 Å². The molecule has 31 heavy (non-hydrogen) atoms. The fraction of sp³-hybridized carbons (Fsp3) is 0.542. The molecule has 7 heteroatoms. The Bertz CT molecular complexity index is 937. The number of hydrogen-bond acceptors (Lipinski definition) is 6. The third-order valence-electron chi connectivity index (χ3n) is 6.89. The molecule has 1 saturated heterocycles. The minimum absolute atomic E-state index is 0.0871. The zero-order chi connectivity index (χ0) is 21.0. The van der Waals surface area contributed by atoms with Crippen LogP contribution in [0.3, 0.4) is 0 Å². The van der Waals surface area contributed by atoms with Gasteiger partial charge >= 0.3 is 0 Å². The van der Waals surface area contributed by atoms with Crippen molar-refractivity contribution < 1.29 is 0 Å². The Morgan fingerprint density at radius 2 is 1.77 bits per heavy atom. The highest BCUT2D eigenvalue weighted by Crippen LogP contribution is 2.30. The zero-order valence-corrected chi connectivity index (χ0v) is 19.2. The summed E-state index contributed by atoms with van der Waals surface area (Å²) in [6.07, 6.45) is 6.96. The van der Waals surface area contributed by atoms with Crippen LogP contribution in [0.1, 0.15) is 60.0 Å². The van der Waals surface area contributed by atoms with Crippen LogP contribution >= 0.6 is 11.3 Å². The van der Waals surface area contributed by atoms with Crippen LogP contribution in [0.2, 0.25) is 0 Å². The summed E-state index contributed by atoms with van der Waals surface area (Å²) in [5.74, 6) is 0.948. The van der Waals surface area contributed by atoms with E-state index in [1.165, 1.54) is 48.1 Å². The fourth-order valence-electron chi connectivity index (χ4n) is 5.15. The standard InChI is InChI=1S/C24H32N6S/c1-19-9-11-20(12-10-19)23(24-25-26-27-30(24)18-22-8-5-17-31-22)29-15-13-28(14-16-29)21-6-3-2-4-7-21/h5,8-12,17,21,23H,2-4,6-7,13-16,18H2,1H3. The van der Waals surface area contributed by atoms with E-state index in [1.54, 1.807) is 11.3 Å². The number of rotatable bonds is 6. The molecule has 1 saturated carbocycles. The van der Waals surface area contributed by atoms with E-state index in [2.05, 4.69) is 74.0 Å². The summed E-state index contributed by atoms with van der Waals surface area (Å²) < 4.78 is 1.99. The van der Waals surface area contributed by atoms with Gasteiger partial charge in [-0.15, -0.1) is 16.4 Å². The van der Waals surface area contributed by atoms with E-state index in [4.69, 9.17) is 0 Å². The van der Waals surface area contributed by atoms with Gasteiger partial charge < -0.3 is 0 Å². The number of tetrazole rings is 1. The second-order valence-electron chi connectivity index (χ2n) is 8.95. The van der Waals surface area contributed by atoms with Crippen LogP contribution in [0.15, 0.2) is 41.8 Å². The van der Waals surface area contributed by atoms with Gasteiger partial charge in [0.15, 0.2) is 5.82 Å². The zero-order valence-electron chi connectivity index (χ0n) is 18.4. The van der Waals surface area contributed by atoms with Crippen molar-refractivity contribution in [3.05, 3.63) is 63.6 Å². The number of benzene rings is 1. The van der Waals surface area contributed by atoms with Crippen LogP contribution in [0.25, 0.3) is 0 Å². The van der Waals surface area contributed by atoms with Gasteiger partial charge in [0, 0.05) is 37.1 Å². The minimum Gasteiger partial charge on any atom is -0.298 e. The quantitative estimate of drug-likeness (QED) is 0.581. The summed E-state index contributed by atoms with van der Waals surface area (Å²) in [5, 5.41) is 15.1. The molecule has 164 valence electrons. The summed E-state index contributed by atoms with van der Waals surface area (Å²) in [7, 11) is 0. The van der Waals surface area contributed by atoms with E-state index in [9.17, 15) is 0 Å². The fourth-order valence-corrected chi connectivity index (χ4v) is 5.83. The van der Waals surface area contributed by atoms with Gasteiger partial charge in [0.1, 0.15) is 0 Å². The van der Waals surface area contributed by atoms with Crippen LogP contribution in [-0.4, -0.2) is 62.2 Å². The van der Waals surface area contributed by atoms with Crippen molar-refractivity contribution in [2.45, 2.75) is 57.7 Å². The van der Waals surface area contributed by atoms with E-state index in [0.29, 0.717) is 0 Å². The van der Waals surface area contributed by atoms with E-state index in [-0.39, 0.29) is 6.04 Å². The molecule has 2 aromatic heterocycles. The highest BCUT2D eigenvalue weighted by atomic mass is 32.1. The molecule has 0 bridgehead atoms. The molecule has 1 atom stereocenters. The highest BCUT2D eigenvalue weighted by Gasteiger charge is 2.32. The Morgan fingerprint density at radius 3 is 2.48 bits per heavy atom. The molecular formula is C24H32N6S. The minimum atomic E-state index is 0.0871. The smallest absolute Gasteiger partial charge is 0.173 e. The predicted octanol–water partition coefficient (Wildman–Crippen LogP) is 4.13. The maximum absolute atomic E-state index is 4.53. The molecule has 5 rings (SSSR count). The normalized spacial score (nSPS) is 20.2. The molecule has 1 aliphatic carbocycles. The highest BCUT2D eigenvalue weighted by molar-refractivity contribution is 7.09. The van der Waals surface area contributed by atoms with Crippen molar-refractivity contribution in [2.75, 3.05) is 26.2 Å². The Balaban J connectivity index is 1.39. The lowest BCUT2D eigenvalue weighted by Gasteiger charge is -2.43. The molecule has 3 aromatic rings. The third-order valence-corrected chi connectivity index (χ3v) is 7.75. The third kappa shape index (κ3) is 4.73. The second kappa shape index (κ2) is 9.59. The Hall–Kier alpha value is -2.09. The Kier molecular flexibility index (Phi) is 6.43. The largest absolute Gasteiger partial charge is 0.298 e. The molecule has 2 fully saturated rings. The first kappa shape index (κ1) is 20.8. The van der Waals surface area contributed by atoms with Gasteiger partial charge in [-0.05, 0) is 47.2 Å². The van der Waals surface area contributed by atoms with Gasteiger partial charge in [-0.2, -0.15) is 0 Å². The van der Waals surface area contributed by atoms with E-state index in [1.807, 2.05) is 4.68 Å². The molecule has 2 aliphatic rings. The van der Waals surface area contributed by atoms with Crippen molar-refractivity contribution in [1.82, 2.24) is 30.0 Å². The van der Waals surface area contributed by atoms with Crippen molar-refractivity contribution in [2.24, 2.45) is 0 Å². The predicted molar refractivity (Wildman–Crippen MR) is 124 cm³/mol. The molecule has 1 unspecified atom stereocenters. The first-order valence-electron chi connectivity index (χ1n) is 11.6. The molecule has 3 heterocycles. The molecule has 0 radical (unpaired) electrons. The Morgan fingerprint density at radius 1 is 1.00 bits per heavy atom. The van der Waals surface area contributed by atoms with Crippen molar-refractivity contribution >= 4 is 11.3 Å². The number of nitrogens with zero attached hydrogens (tertiary/aromatic N) is 6. The number of aromatic nitrogens is 4. The van der Waals surface area contributed by atoms with Gasteiger partial charge in [0.25, 0.3) is 0 Å². The summed E-state index contributed by atoms with van der Waals surface area (Å²) in [6.45, 7) is 7.26. The van der Waals surface area contributed by atoms with E-state index < -0.39 is 0 Å². The average Bonchev–Trinajstić information content (AvgIpc) is 3.49. The first-order valence-corrected chi connectivity index (χ1v) is 12.5. The Labute approximate surface area is 188 Å². The number of aryl methyl sites for hydroxylation is 1. The monoisotopic (exact) mass is 436 g/mol. The molecule has 0 spiro atoms. The number of hydrogen-bond donors (Lipinski definition) is 0. The lowest BCUT2D eigenvalue weighted by atomic mass is 9.93. The number of thiophene rings is 1. The number of piperazine rings is 1. The maximum atomic E-state index is 4.53. The van der Waals surface area contributed by atoms with Crippen LogP contribution < -0.4 is 0 Å². The van der Waals surface area contributed by atoms with Gasteiger partial charge in [-0.1, -0.05) is 55.2 Å². The van der Waals surface area contributed by atoms with Gasteiger partial charge in [-0.3, -0.25) is 9.80 Å². The van der Waals surface area contributed by atoms with Gasteiger partial charge in [-0.25, -0.2) is 4.68 Å².